The third-order valence-corrected chi connectivity index (χ3v) is 11.9. The summed E-state index contributed by atoms with van der Waals surface area (Å²) in [4.78, 5) is 48.7. The zero-order chi connectivity index (χ0) is 39.2. The standard InChI is InChI=1S/C42H67N5O5S/c1-11-20-47(42(51)37(27(8)13-3)46-40(50)38(43-10)29(14-4)15-5)35(26(6)7)24-36(52-21-12-2)41-45-34(25-53-41)39(49)44-31-22-30-18-16-17-19-32(30)33(23-31)28(9)48/h16-19,25-27,29,31,33,35-38,43,48H,9,11-15,20-24H2,1-8,10H3,(H,44,49)(H,46,50)/t27-,31-,33-,35+,36+,37-,38+/m0/s1. The van der Waals surface area contributed by atoms with Crippen molar-refractivity contribution < 1.29 is 24.2 Å². The number of aliphatic hydroxyl groups is 1. The molecule has 0 radical (unpaired) electrons. The highest BCUT2D eigenvalue weighted by Crippen LogP contribution is 2.36. The number of hydrogen-bond acceptors (Lipinski definition) is 8. The van der Waals surface area contributed by atoms with Crippen molar-refractivity contribution in [3.63, 3.8) is 0 Å². The van der Waals surface area contributed by atoms with Gasteiger partial charge in [-0.2, -0.15) is 0 Å². The lowest BCUT2D eigenvalue weighted by Crippen LogP contribution is -2.59. The van der Waals surface area contributed by atoms with Crippen LogP contribution >= 0.6 is 11.3 Å². The second-order valence-corrected chi connectivity index (χ2v) is 16.0. The lowest BCUT2D eigenvalue weighted by molar-refractivity contribution is -0.142. The van der Waals surface area contributed by atoms with Gasteiger partial charge >= 0.3 is 0 Å². The van der Waals surface area contributed by atoms with Gasteiger partial charge in [0, 0.05) is 43.0 Å². The Labute approximate surface area is 322 Å². The van der Waals surface area contributed by atoms with Crippen molar-refractivity contribution in [1.82, 2.24) is 25.8 Å². The predicted molar refractivity (Wildman–Crippen MR) is 215 cm³/mol. The summed E-state index contributed by atoms with van der Waals surface area (Å²) < 4.78 is 6.44. The molecule has 1 aromatic carbocycles. The number of allylic oxidation sites excluding steroid dienone is 1. The molecule has 1 heterocycles. The number of benzene rings is 1. The number of nitrogens with one attached hydrogen (secondary N) is 3. The third kappa shape index (κ3) is 11.6. The molecular formula is C42H67N5O5S. The summed E-state index contributed by atoms with van der Waals surface area (Å²) in [6, 6.07) is 6.56. The van der Waals surface area contributed by atoms with Crippen LogP contribution in [0.25, 0.3) is 0 Å². The van der Waals surface area contributed by atoms with Gasteiger partial charge in [-0.15, -0.1) is 11.3 Å². The van der Waals surface area contributed by atoms with E-state index >= 15 is 0 Å². The fourth-order valence-corrected chi connectivity index (χ4v) is 8.51. The van der Waals surface area contributed by atoms with E-state index in [-0.39, 0.29) is 65.3 Å². The molecule has 4 N–H and O–H groups in total. The second-order valence-electron chi connectivity index (χ2n) is 15.1. The Balaban J connectivity index is 1.86. The first kappa shape index (κ1) is 44.1. The van der Waals surface area contributed by atoms with Gasteiger partial charge in [-0.1, -0.05) is 105 Å². The summed E-state index contributed by atoms with van der Waals surface area (Å²) >= 11 is 1.40. The Bertz CT molecular complexity index is 1480. The molecule has 0 saturated carbocycles. The molecule has 0 fully saturated rings. The Morgan fingerprint density at radius 2 is 1.74 bits per heavy atom. The number of hydrogen-bond donors (Lipinski definition) is 4. The van der Waals surface area contributed by atoms with Crippen LogP contribution in [0.3, 0.4) is 0 Å². The van der Waals surface area contributed by atoms with Crippen LogP contribution in [0.5, 0.6) is 0 Å². The predicted octanol–water partition coefficient (Wildman–Crippen LogP) is 7.72. The molecule has 0 saturated heterocycles. The number of aliphatic hydroxyl groups excluding tert-OH is 1. The maximum Gasteiger partial charge on any atom is 0.270 e. The van der Waals surface area contributed by atoms with Crippen molar-refractivity contribution in [2.45, 2.75) is 143 Å². The van der Waals surface area contributed by atoms with E-state index in [2.05, 4.69) is 71.0 Å². The smallest absolute Gasteiger partial charge is 0.270 e. The largest absolute Gasteiger partial charge is 0.512 e. The van der Waals surface area contributed by atoms with E-state index in [1.54, 1.807) is 5.38 Å². The Morgan fingerprint density at radius 1 is 1.04 bits per heavy atom. The van der Waals surface area contributed by atoms with Crippen LogP contribution in [0, 0.1) is 17.8 Å². The molecule has 0 aliphatic heterocycles. The van der Waals surface area contributed by atoms with E-state index in [4.69, 9.17) is 9.72 Å². The van der Waals surface area contributed by atoms with E-state index in [0.29, 0.717) is 43.1 Å². The molecular weight excluding hydrogens is 687 g/mol. The van der Waals surface area contributed by atoms with Gasteiger partial charge in [0.05, 0.1) is 11.8 Å². The number of rotatable bonds is 22. The number of fused-ring (bicyclic) bond motifs is 1. The quantitative estimate of drug-likeness (QED) is 0.0906. The normalized spacial score (nSPS) is 18.5. The van der Waals surface area contributed by atoms with Crippen LogP contribution in [0.2, 0.25) is 0 Å². The number of nitrogens with zero attached hydrogens (tertiary/aromatic N) is 2. The van der Waals surface area contributed by atoms with Gasteiger partial charge in [0.2, 0.25) is 11.8 Å². The molecule has 1 aliphatic carbocycles. The van der Waals surface area contributed by atoms with Crippen LogP contribution in [-0.2, 0) is 20.7 Å². The zero-order valence-corrected chi connectivity index (χ0v) is 34.6. The summed E-state index contributed by atoms with van der Waals surface area (Å²) in [5, 5.41) is 22.4. The summed E-state index contributed by atoms with van der Waals surface area (Å²) in [6.07, 6.45) is 5.34. The summed E-state index contributed by atoms with van der Waals surface area (Å²) in [6.45, 7) is 21.5. The van der Waals surface area contributed by atoms with Gasteiger partial charge in [0.1, 0.15) is 22.8 Å². The number of carbonyl (C=O) groups is 3. The number of amides is 3. The monoisotopic (exact) mass is 753 g/mol. The molecule has 7 atom stereocenters. The topological polar surface area (TPSA) is 133 Å². The van der Waals surface area contributed by atoms with Crippen LogP contribution in [0.1, 0.15) is 139 Å². The molecule has 11 heteroatoms. The summed E-state index contributed by atoms with van der Waals surface area (Å²) in [5.41, 5.74) is 2.46. The number of aromatic nitrogens is 1. The maximum atomic E-state index is 14.7. The van der Waals surface area contributed by atoms with Gasteiger partial charge in [-0.25, -0.2) is 4.98 Å². The highest BCUT2D eigenvalue weighted by molar-refractivity contribution is 7.09. The highest BCUT2D eigenvalue weighted by atomic mass is 32.1. The molecule has 296 valence electrons. The summed E-state index contributed by atoms with van der Waals surface area (Å²) in [5.74, 6) is -0.421. The molecule has 1 aromatic heterocycles. The van der Waals surface area contributed by atoms with Gasteiger partial charge in [0.15, 0.2) is 0 Å². The minimum Gasteiger partial charge on any atom is -0.512 e. The fourth-order valence-electron chi connectivity index (χ4n) is 7.65. The van der Waals surface area contributed by atoms with Gasteiger partial charge in [-0.3, -0.25) is 14.4 Å². The first-order chi connectivity index (χ1) is 25.3. The van der Waals surface area contributed by atoms with Crippen molar-refractivity contribution >= 4 is 29.1 Å². The van der Waals surface area contributed by atoms with Crippen LogP contribution in [-0.4, -0.2) is 77.1 Å². The molecule has 0 unspecified atom stereocenters. The molecule has 0 spiro atoms. The van der Waals surface area contributed by atoms with E-state index < -0.39 is 12.1 Å². The fraction of sp³-hybridized carbons (Fsp3) is 0.667. The Hall–Kier alpha value is -3.28. The SMILES string of the molecule is C=C(O)[C@@H]1C[C@@H](NC(=O)c2csc([C@@H](C[C@H](C(C)C)N(CCC)C(=O)[C@@H](NC(=O)[C@H](NC)C(CC)CC)[C@@H](C)CC)OCCC)n2)Cc2ccccc21. The van der Waals surface area contributed by atoms with Crippen LogP contribution in [0.15, 0.2) is 42.0 Å². The first-order valence-corrected chi connectivity index (χ1v) is 20.8. The van der Waals surface area contributed by atoms with E-state index in [9.17, 15) is 19.5 Å². The second kappa shape index (κ2) is 21.6. The average molecular weight is 754 g/mol. The van der Waals surface area contributed by atoms with Gasteiger partial charge < -0.3 is 30.7 Å². The lowest BCUT2D eigenvalue weighted by atomic mass is 9.79. The van der Waals surface area contributed by atoms with Crippen molar-refractivity contribution in [2.75, 3.05) is 20.2 Å². The first-order valence-electron chi connectivity index (χ1n) is 20.0. The molecule has 1 aliphatic rings. The third-order valence-electron chi connectivity index (χ3n) is 11.0. The highest BCUT2D eigenvalue weighted by Gasteiger charge is 2.38. The van der Waals surface area contributed by atoms with Crippen molar-refractivity contribution in [3.8, 4) is 0 Å². The zero-order valence-electron chi connectivity index (χ0n) is 33.7. The van der Waals surface area contributed by atoms with Crippen molar-refractivity contribution in [2.24, 2.45) is 17.8 Å². The van der Waals surface area contributed by atoms with Crippen molar-refractivity contribution in [1.29, 1.82) is 0 Å². The Morgan fingerprint density at radius 3 is 2.32 bits per heavy atom. The van der Waals surface area contributed by atoms with Crippen molar-refractivity contribution in [3.05, 3.63) is 63.8 Å². The number of thiazole rings is 1. The summed E-state index contributed by atoms with van der Waals surface area (Å²) in [7, 11) is 1.81. The Kier molecular flexibility index (Phi) is 18.0. The van der Waals surface area contributed by atoms with Gasteiger partial charge in [-0.05, 0) is 61.6 Å². The number of carbonyl (C=O) groups excluding carboxylic acids is 3. The van der Waals surface area contributed by atoms with Gasteiger partial charge in [0.25, 0.3) is 5.91 Å². The average Bonchev–Trinajstić information content (AvgIpc) is 3.64. The minimum absolute atomic E-state index is 0.0617. The number of ether oxygens (including phenoxy) is 1. The molecule has 53 heavy (non-hydrogen) atoms. The minimum atomic E-state index is -0.662. The lowest BCUT2D eigenvalue weighted by Gasteiger charge is -2.40. The molecule has 3 amide bonds. The van der Waals surface area contributed by atoms with E-state index in [1.807, 2.05) is 43.1 Å². The van der Waals surface area contributed by atoms with Crippen LogP contribution < -0.4 is 16.0 Å². The molecule has 10 nitrogen and oxygen atoms in total. The van der Waals surface area contributed by atoms with E-state index in [0.717, 1.165) is 43.2 Å². The van der Waals surface area contributed by atoms with Crippen LogP contribution in [0.4, 0.5) is 0 Å². The molecule has 3 rings (SSSR count). The maximum absolute atomic E-state index is 14.7. The molecule has 0 bridgehead atoms. The number of likely N-dealkylation sites (N-methyl/N-ethyl adjacent to an activating group) is 1. The molecule has 2 aromatic rings. The van der Waals surface area contributed by atoms with E-state index in [1.165, 1.54) is 11.3 Å².